The van der Waals surface area contributed by atoms with E-state index in [1.165, 1.54) is 0 Å². The average Bonchev–Trinajstić information content (AvgIpc) is 1.91. The number of carbonyl (C=O) groups excluding carboxylic acids is 2. The third kappa shape index (κ3) is 581. The monoisotopic (exact) mass is 265 g/mol. The van der Waals surface area contributed by atoms with Crippen LogP contribution in [0.5, 0.6) is 0 Å². The molecule has 0 bridgehead atoms. The molecule has 0 fully saturated rings. The van der Waals surface area contributed by atoms with Gasteiger partial charge in [-0.05, 0) is 12.5 Å². The number of carboxylic acid groups (broad SMARTS) is 2. The quantitative estimate of drug-likeness (QED) is 0.349. The van der Waals surface area contributed by atoms with Gasteiger partial charge in [0.15, 0.2) is 0 Å². The van der Waals surface area contributed by atoms with Gasteiger partial charge in [0.1, 0.15) is 0 Å². The second kappa shape index (κ2) is 65.8. The van der Waals surface area contributed by atoms with Gasteiger partial charge in [-0.2, -0.15) is 0 Å². The van der Waals surface area contributed by atoms with E-state index in [2.05, 4.69) is 12.5 Å². The Morgan fingerprint density at radius 1 is 1.00 bits per heavy atom. The second-order valence-corrected chi connectivity index (χ2v) is 3.19. The summed E-state index contributed by atoms with van der Waals surface area (Å²) in [6, 6.07) is 0. The van der Waals surface area contributed by atoms with Gasteiger partial charge in [0.25, 0.3) is 0 Å². The van der Waals surface area contributed by atoms with Crippen LogP contribution in [-0.4, -0.2) is 25.5 Å². The van der Waals surface area contributed by atoms with Crippen molar-refractivity contribution in [2.45, 2.75) is 0 Å². The van der Waals surface area contributed by atoms with Crippen LogP contribution in [0.3, 0.4) is 0 Å². The van der Waals surface area contributed by atoms with E-state index in [0.717, 1.165) is 0 Å². The fraction of sp³-hybridized carbons (Fsp3) is 0.500. The van der Waals surface area contributed by atoms with Gasteiger partial charge in [-0.25, -0.2) is 0 Å². The normalized spacial score (nSPS) is 4.50. The summed E-state index contributed by atoms with van der Waals surface area (Å²) in [7, 11) is 3.55. The maximum Gasteiger partial charge on any atom is 2.00 e. The zero-order chi connectivity index (χ0) is 8.83. The van der Waals surface area contributed by atoms with Crippen molar-refractivity contribution in [3.05, 3.63) is 0 Å². The predicted molar refractivity (Wildman–Crippen MR) is 44.2 cm³/mol. The standard InChI is InChI=1S/C2H6S2.2CH2O2.H3N.Zn/c1-3-4-2;2*2-1-3;;/h1-2H3;2*1H,(H,2,3);1H3;/q;;;;+2/p-2. The summed E-state index contributed by atoms with van der Waals surface area (Å²) in [5.41, 5.74) is 0. The first kappa shape index (κ1) is 29.5. The van der Waals surface area contributed by atoms with E-state index < -0.39 is 12.9 Å². The Morgan fingerprint density at radius 3 is 1.08 bits per heavy atom. The van der Waals surface area contributed by atoms with E-state index in [1.54, 1.807) is 21.6 Å². The molecule has 0 aliphatic carbocycles. The minimum Gasteiger partial charge on any atom is -0.554 e. The molecule has 5 nitrogen and oxygen atoms in total. The van der Waals surface area contributed by atoms with E-state index >= 15 is 0 Å². The zero-order valence-corrected chi connectivity index (χ0v) is 11.6. The number of hydrogen-bond acceptors (Lipinski definition) is 7. The molecule has 0 saturated heterocycles. The summed E-state index contributed by atoms with van der Waals surface area (Å²) < 4.78 is 0. The van der Waals surface area contributed by atoms with E-state index in [1.807, 2.05) is 0 Å². The molecule has 0 aliphatic heterocycles. The number of carbonyl (C=O) groups is 2. The summed E-state index contributed by atoms with van der Waals surface area (Å²) in [6.07, 6.45) is 4.12. The maximum atomic E-state index is 8.25. The third-order valence-electron chi connectivity index (χ3n) is 0.167. The minimum absolute atomic E-state index is 0. The zero-order valence-electron chi connectivity index (χ0n) is 7.02. The second-order valence-electron chi connectivity index (χ2n) is 0.526. The van der Waals surface area contributed by atoms with Crippen molar-refractivity contribution in [3.8, 4) is 0 Å². The Balaban J connectivity index is -0.0000000191. The van der Waals surface area contributed by atoms with Gasteiger partial charge >= 0.3 is 19.5 Å². The first-order chi connectivity index (χ1) is 4.74. The number of hydrogen-bond donors (Lipinski definition) is 1. The molecule has 0 saturated carbocycles. The molecule has 0 radical (unpaired) electrons. The van der Waals surface area contributed by atoms with E-state index in [0.29, 0.717) is 0 Å². The molecule has 0 spiro atoms. The molecule has 0 aromatic carbocycles. The fourth-order valence-electron chi connectivity index (χ4n) is 0. The Labute approximate surface area is 92.4 Å². The molecule has 0 aliphatic rings. The Hall–Kier alpha value is 0.223. The van der Waals surface area contributed by atoms with Crippen LogP contribution in [-0.2, 0) is 29.1 Å². The fourth-order valence-corrected chi connectivity index (χ4v) is 0. The van der Waals surface area contributed by atoms with Gasteiger partial charge in [-0.3, -0.25) is 0 Å². The van der Waals surface area contributed by atoms with E-state index in [9.17, 15) is 0 Å². The van der Waals surface area contributed by atoms with Crippen LogP contribution >= 0.6 is 21.6 Å². The summed E-state index contributed by atoms with van der Waals surface area (Å²) in [4.78, 5) is 16.5. The van der Waals surface area contributed by atoms with Crippen LogP contribution in [0.2, 0.25) is 0 Å². The van der Waals surface area contributed by atoms with Crippen LogP contribution in [0, 0.1) is 0 Å². The van der Waals surface area contributed by atoms with Crippen LogP contribution in [0.1, 0.15) is 0 Å². The van der Waals surface area contributed by atoms with Crippen molar-refractivity contribution >= 4 is 34.5 Å². The topological polar surface area (TPSA) is 115 Å². The van der Waals surface area contributed by atoms with Crippen molar-refractivity contribution in [2.75, 3.05) is 12.5 Å². The molecular formula is C4H11NO4S2Zn. The molecule has 70 valence electrons. The van der Waals surface area contributed by atoms with Crippen molar-refractivity contribution in [3.63, 3.8) is 0 Å². The Kier molecular flexibility index (Phi) is 162. The van der Waals surface area contributed by atoms with E-state index in [4.69, 9.17) is 19.8 Å². The minimum atomic E-state index is -0.500. The van der Waals surface area contributed by atoms with Gasteiger partial charge in [0, 0.05) is 12.9 Å². The predicted octanol–water partition coefficient (Wildman–Crippen LogP) is -1.48. The summed E-state index contributed by atoms with van der Waals surface area (Å²) in [5.74, 6) is 0. The number of rotatable bonds is 1. The largest absolute Gasteiger partial charge is 2.00 e. The van der Waals surface area contributed by atoms with Gasteiger partial charge < -0.3 is 26.0 Å². The molecule has 0 aromatic heterocycles. The van der Waals surface area contributed by atoms with Crippen LogP contribution in [0.25, 0.3) is 0 Å². The molecular weight excluding hydrogens is 256 g/mol. The van der Waals surface area contributed by atoms with Crippen LogP contribution < -0.4 is 16.4 Å². The van der Waals surface area contributed by atoms with Crippen LogP contribution in [0.4, 0.5) is 0 Å². The summed E-state index contributed by atoms with van der Waals surface area (Å²) in [6.45, 7) is -1.00. The molecule has 0 unspecified atom stereocenters. The molecule has 0 amide bonds. The SMILES string of the molecule is CSSC.N.O=C[O-].O=C[O-].[Zn+2]. The van der Waals surface area contributed by atoms with Crippen LogP contribution in [0.15, 0.2) is 0 Å². The Bertz CT molecular complexity index is 61.0. The summed E-state index contributed by atoms with van der Waals surface area (Å²) >= 11 is 0. The van der Waals surface area contributed by atoms with E-state index in [-0.39, 0.29) is 25.6 Å². The van der Waals surface area contributed by atoms with Crippen molar-refractivity contribution in [2.24, 2.45) is 0 Å². The molecule has 0 aromatic rings. The van der Waals surface area contributed by atoms with Gasteiger partial charge in [0.05, 0.1) is 0 Å². The smallest absolute Gasteiger partial charge is 0.554 e. The van der Waals surface area contributed by atoms with Gasteiger partial charge in [-0.1, -0.05) is 21.6 Å². The third-order valence-corrected chi connectivity index (χ3v) is 1.50. The van der Waals surface area contributed by atoms with Crippen molar-refractivity contribution in [1.29, 1.82) is 0 Å². The molecule has 0 heterocycles. The average molecular weight is 267 g/mol. The van der Waals surface area contributed by atoms with Gasteiger partial charge in [0.2, 0.25) is 0 Å². The van der Waals surface area contributed by atoms with Crippen molar-refractivity contribution in [1.82, 2.24) is 6.15 Å². The summed E-state index contributed by atoms with van der Waals surface area (Å²) in [5, 5.41) is 16.5. The molecule has 3 N–H and O–H groups in total. The molecule has 12 heavy (non-hydrogen) atoms. The molecule has 8 heteroatoms. The molecule has 0 atom stereocenters. The first-order valence-electron chi connectivity index (χ1n) is 1.93. The van der Waals surface area contributed by atoms with Gasteiger partial charge in [-0.15, -0.1) is 0 Å². The maximum absolute atomic E-state index is 8.25. The first-order valence-corrected chi connectivity index (χ1v) is 4.89. The Morgan fingerprint density at radius 2 is 1.08 bits per heavy atom. The van der Waals surface area contributed by atoms with Crippen molar-refractivity contribution < 1.29 is 39.3 Å². The molecule has 0 rings (SSSR count).